The summed E-state index contributed by atoms with van der Waals surface area (Å²) in [6, 6.07) is 8.95. The van der Waals surface area contributed by atoms with Gasteiger partial charge in [-0.25, -0.2) is 13.1 Å². The van der Waals surface area contributed by atoms with Gasteiger partial charge >= 0.3 is 0 Å². The first-order valence-electron chi connectivity index (χ1n) is 5.34. The topological polar surface area (TPSA) is 70.0 Å². The summed E-state index contributed by atoms with van der Waals surface area (Å²) in [6.45, 7) is 5.06. The molecule has 0 heterocycles. The van der Waals surface area contributed by atoms with Gasteiger partial charge in [-0.1, -0.05) is 24.3 Å². The zero-order valence-electron chi connectivity index (χ0n) is 10.1. The first-order chi connectivity index (χ1) is 7.88. The number of aryl methyl sites for hydroxylation is 1. The lowest BCUT2D eigenvalue weighted by atomic mass is 10.0. The average molecular weight is 252 g/mol. The summed E-state index contributed by atoms with van der Waals surface area (Å²) in [6.07, 6.45) is 0. The maximum Gasteiger partial charge on any atom is 0.228 e. The molecule has 2 unspecified atom stereocenters. The summed E-state index contributed by atoms with van der Waals surface area (Å²) < 4.78 is 26.0. The summed E-state index contributed by atoms with van der Waals surface area (Å²) in [5, 5.41) is 7.59. The summed E-state index contributed by atoms with van der Waals surface area (Å²) in [4.78, 5) is 0. The van der Waals surface area contributed by atoms with E-state index in [1.165, 1.54) is 6.92 Å². The van der Waals surface area contributed by atoms with Gasteiger partial charge in [0.15, 0.2) is 5.25 Å². The third-order valence-electron chi connectivity index (χ3n) is 2.64. The SMILES string of the molecule is Cc1ccccc1C(C)NS(=O)(=O)C(C)C#N. The zero-order chi connectivity index (χ0) is 13.1. The molecule has 4 nitrogen and oxygen atoms in total. The number of nitriles is 1. The van der Waals surface area contributed by atoms with Crippen LogP contribution in [0.25, 0.3) is 0 Å². The molecule has 0 aromatic heterocycles. The molecule has 1 N–H and O–H groups in total. The number of hydrogen-bond acceptors (Lipinski definition) is 3. The quantitative estimate of drug-likeness (QED) is 0.889. The van der Waals surface area contributed by atoms with Crippen LogP contribution in [0.4, 0.5) is 0 Å². The van der Waals surface area contributed by atoms with Crippen LogP contribution in [0.3, 0.4) is 0 Å². The third kappa shape index (κ3) is 3.29. The van der Waals surface area contributed by atoms with Gasteiger partial charge in [-0.05, 0) is 31.9 Å². The summed E-state index contributed by atoms with van der Waals surface area (Å²) in [7, 11) is -3.59. The number of benzene rings is 1. The van der Waals surface area contributed by atoms with Crippen molar-refractivity contribution in [1.29, 1.82) is 5.26 Å². The highest BCUT2D eigenvalue weighted by Gasteiger charge is 2.23. The predicted octanol–water partition coefficient (Wildman–Crippen LogP) is 1.89. The maximum atomic E-state index is 11.7. The maximum absolute atomic E-state index is 11.7. The van der Waals surface area contributed by atoms with Crippen LogP contribution in [0.2, 0.25) is 0 Å². The summed E-state index contributed by atoms with van der Waals surface area (Å²) in [5.41, 5.74) is 1.94. The first kappa shape index (κ1) is 13.7. The number of sulfonamides is 1. The lowest BCUT2D eigenvalue weighted by molar-refractivity contribution is 0.562. The molecule has 0 spiro atoms. The molecule has 0 radical (unpaired) electrons. The predicted molar refractivity (Wildman–Crippen MR) is 66.7 cm³/mol. The van der Waals surface area contributed by atoms with E-state index < -0.39 is 15.3 Å². The van der Waals surface area contributed by atoms with E-state index >= 15 is 0 Å². The minimum atomic E-state index is -3.59. The Morgan fingerprint density at radius 1 is 1.29 bits per heavy atom. The number of rotatable bonds is 4. The van der Waals surface area contributed by atoms with Gasteiger partial charge in [-0.15, -0.1) is 0 Å². The van der Waals surface area contributed by atoms with E-state index in [0.717, 1.165) is 11.1 Å². The lowest BCUT2D eigenvalue weighted by Gasteiger charge is -2.17. The highest BCUT2D eigenvalue weighted by Crippen LogP contribution is 2.18. The van der Waals surface area contributed by atoms with Gasteiger partial charge in [0.25, 0.3) is 0 Å². The van der Waals surface area contributed by atoms with Crippen LogP contribution in [0.15, 0.2) is 24.3 Å². The van der Waals surface area contributed by atoms with Crippen molar-refractivity contribution < 1.29 is 8.42 Å². The van der Waals surface area contributed by atoms with Crippen molar-refractivity contribution in [3.8, 4) is 6.07 Å². The molecule has 0 bridgehead atoms. The normalized spacial score (nSPS) is 14.9. The Morgan fingerprint density at radius 2 is 1.88 bits per heavy atom. The van der Waals surface area contributed by atoms with Crippen LogP contribution < -0.4 is 4.72 Å². The second kappa shape index (κ2) is 5.30. The molecule has 0 aliphatic heterocycles. The Labute approximate surface area is 102 Å². The van der Waals surface area contributed by atoms with E-state index in [2.05, 4.69) is 4.72 Å². The first-order valence-corrected chi connectivity index (χ1v) is 6.89. The van der Waals surface area contributed by atoms with Crippen molar-refractivity contribution in [3.63, 3.8) is 0 Å². The minimum absolute atomic E-state index is 0.336. The van der Waals surface area contributed by atoms with Crippen molar-refractivity contribution in [2.24, 2.45) is 0 Å². The fraction of sp³-hybridized carbons (Fsp3) is 0.417. The van der Waals surface area contributed by atoms with E-state index in [9.17, 15) is 8.42 Å². The van der Waals surface area contributed by atoms with Crippen LogP contribution in [0.5, 0.6) is 0 Å². The average Bonchev–Trinajstić information content (AvgIpc) is 2.27. The van der Waals surface area contributed by atoms with Crippen molar-refractivity contribution in [1.82, 2.24) is 4.72 Å². The monoisotopic (exact) mass is 252 g/mol. The third-order valence-corrected chi connectivity index (χ3v) is 4.36. The van der Waals surface area contributed by atoms with Crippen LogP contribution >= 0.6 is 0 Å². The van der Waals surface area contributed by atoms with E-state index in [1.807, 2.05) is 31.2 Å². The molecule has 1 aromatic carbocycles. The molecule has 2 atom stereocenters. The second-order valence-electron chi connectivity index (χ2n) is 4.01. The van der Waals surface area contributed by atoms with Crippen molar-refractivity contribution in [2.45, 2.75) is 32.1 Å². The van der Waals surface area contributed by atoms with Gasteiger partial charge in [0.05, 0.1) is 6.07 Å². The Balaban J connectivity index is 2.92. The Kier molecular flexibility index (Phi) is 4.27. The Hall–Kier alpha value is -1.38. The minimum Gasteiger partial charge on any atom is -0.211 e. The molecule has 0 fully saturated rings. The Bertz CT molecular complexity index is 532. The molecule has 0 saturated carbocycles. The fourth-order valence-electron chi connectivity index (χ4n) is 1.55. The molecule has 1 rings (SSSR count). The van der Waals surface area contributed by atoms with E-state index in [1.54, 1.807) is 13.0 Å². The Morgan fingerprint density at radius 3 is 2.41 bits per heavy atom. The molecule has 1 aromatic rings. The van der Waals surface area contributed by atoms with Crippen molar-refractivity contribution >= 4 is 10.0 Å². The van der Waals surface area contributed by atoms with Gasteiger partial charge in [0.2, 0.25) is 10.0 Å². The molecule has 92 valence electrons. The molecular weight excluding hydrogens is 236 g/mol. The zero-order valence-corrected chi connectivity index (χ0v) is 11.0. The second-order valence-corrected chi connectivity index (χ2v) is 6.05. The van der Waals surface area contributed by atoms with Gasteiger partial charge in [0.1, 0.15) is 0 Å². The van der Waals surface area contributed by atoms with E-state index in [4.69, 9.17) is 5.26 Å². The molecule has 0 amide bonds. The number of hydrogen-bond donors (Lipinski definition) is 1. The lowest BCUT2D eigenvalue weighted by Crippen LogP contribution is -2.33. The number of nitrogens with one attached hydrogen (secondary N) is 1. The molecule has 0 aliphatic carbocycles. The van der Waals surface area contributed by atoms with Crippen molar-refractivity contribution in [3.05, 3.63) is 35.4 Å². The van der Waals surface area contributed by atoms with E-state index in [-0.39, 0.29) is 6.04 Å². The highest BCUT2D eigenvalue weighted by molar-refractivity contribution is 7.90. The van der Waals surface area contributed by atoms with Crippen LogP contribution in [0.1, 0.15) is 31.0 Å². The van der Waals surface area contributed by atoms with Crippen LogP contribution in [0, 0.1) is 18.3 Å². The molecule has 17 heavy (non-hydrogen) atoms. The van der Waals surface area contributed by atoms with Gasteiger partial charge in [-0.3, -0.25) is 0 Å². The summed E-state index contributed by atoms with van der Waals surface area (Å²) >= 11 is 0. The largest absolute Gasteiger partial charge is 0.228 e. The molecule has 5 heteroatoms. The molecule has 0 saturated heterocycles. The van der Waals surface area contributed by atoms with Gasteiger partial charge in [-0.2, -0.15) is 5.26 Å². The van der Waals surface area contributed by atoms with Crippen LogP contribution in [-0.2, 0) is 10.0 Å². The fourth-order valence-corrected chi connectivity index (χ4v) is 2.52. The molecule has 0 aliphatic rings. The smallest absolute Gasteiger partial charge is 0.211 e. The summed E-state index contributed by atoms with van der Waals surface area (Å²) in [5.74, 6) is 0. The van der Waals surface area contributed by atoms with E-state index in [0.29, 0.717) is 0 Å². The van der Waals surface area contributed by atoms with Crippen molar-refractivity contribution in [2.75, 3.05) is 0 Å². The number of nitrogens with zero attached hydrogens (tertiary/aromatic N) is 1. The van der Waals surface area contributed by atoms with Crippen LogP contribution in [-0.4, -0.2) is 13.7 Å². The molecular formula is C12H16N2O2S. The standard InChI is InChI=1S/C12H16N2O2S/c1-9-6-4-5-7-12(9)11(3)14-17(15,16)10(2)8-13/h4-7,10-11,14H,1-3H3. The highest BCUT2D eigenvalue weighted by atomic mass is 32.2. The van der Waals surface area contributed by atoms with Gasteiger partial charge < -0.3 is 0 Å². The van der Waals surface area contributed by atoms with Gasteiger partial charge in [0, 0.05) is 6.04 Å².